The zero-order valence-electron chi connectivity index (χ0n) is 10.5. The van der Waals surface area contributed by atoms with Gasteiger partial charge in [-0.3, -0.25) is 0 Å². The molecule has 0 aliphatic carbocycles. The maximum absolute atomic E-state index is 5.64. The van der Waals surface area contributed by atoms with E-state index in [0.717, 1.165) is 5.75 Å². The molecule has 0 bridgehead atoms. The lowest BCUT2D eigenvalue weighted by molar-refractivity contribution is 0.0716. The van der Waals surface area contributed by atoms with Gasteiger partial charge in [0.15, 0.2) is 0 Å². The van der Waals surface area contributed by atoms with Gasteiger partial charge in [0.2, 0.25) is 0 Å². The van der Waals surface area contributed by atoms with Crippen molar-refractivity contribution in [2.24, 2.45) is 0 Å². The number of benzene rings is 1. The third-order valence-electron chi connectivity index (χ3n) is 2.68. The maximum Gasteiger partial charge on any atom is 0.119 e. The topological polar surface area (TPSA) is 30.5 Å². The van der Waals surface area contributed by atoms with E-state index in [1.165, 1.54) is 5.56 Å². The normalized spacial score (nSPS) is 14.5. The fourth-order valence-electron chi connectivity index (χ4n) is 1.32. The first-order valence-electron chi connectivity index (χ1n) is 5.60. The zero-order valence-corrected chi connectivity index (χ0v) is 10.5. The average molecular weight is 223 g/mol. The Hall–Kier alpha value is -1.06. The SMILES string of the molecule is CNC(C)c1cccc(OCC(C)OC)c1. The summed E-state index contributed by atoms with van der Waals surface area (Å²) in [4.78, 5) is 0. The van der Waals surface area contributed by atoms with Crippen LogP contribution in [-0.2, 0) is 4.74 Å². The van der Waals surface area contributed by atoms with Crippen molar-refractivity contribution < 1.29 is 9.47 Å². The minimum atomic E-state index is 0.116. The van der Waals surface area contributed by atoms with E-state index in [0.29, 0.717) is 12.6 Å². The van der Waals surface area contributed by atoms with E-state index >= 15 is 0 Å². The quantitative estimate of drug-likeness (QED) is 0.803. The molecule has 0 radical (unpaired) electrons. The van der Waals surface area contributed by atoms with Crippen molar-refractivity contribution in [2.75, 3.05) is 20.8 Å². The highest BCUT2D eigenvalue weighted by molar-refractivity contribution is 5.30. The molecule has 0 saturated heterocycles. The molecule has 0 saturated carbocycles. The average Bonchev–Trinajstić information content (AvgIpc) is 2.35. The van der Waals surface area contributed by atoms with E-state index in [1.807, 2.05) is 26.1 Å². The lowest BCUT2D eigenvalue weighted by Crippen LogP contribution is -2.16. The Morgan fingerprint density at radius 3 is 2.69 bits per heavy atom. The Labute approximate surface area is 97.8 Å². The fraction of sp³-hybridized carbons (Fsp3) is 0.538. The predicted octanol–water partition coefficient (Wildman–Crippen LogP) is 2.38. The molecule has 0 aromatic heterocycles. The molecule has 0 heterocycles. The van der Waals surface area contributed by atoms with Crippen LogP contribution < -0.4 is 10.1 Å². The molecule has 0 aliphatic rings. The van der Waals surface area contributed by atoms with Gasteiger partial charge in [-0.25, -0.2) is 0 Å². The van der Waals surface area contributed by atoms with Gasteiger partial charge < -0.3 is 14.8 Å². The van der Waals surface area contributed by atoms with E-state index in [1.54, 1.807) is 7.11 Å². The zero-order chi connectivity index (χ0) is 12.0. The lowest BCUT2D eigenvalue weighted by atomic mass is 10.1. The van der Waals surface area contributed by atoms with Crippen LogP contribution in [-0.4, -0.2) is 26.9 Å². The fourth-order valence-corrected chi connectivity index (χ4v) is 1.32. The molecule has 0 amide bonds. The minimum Gasteiger partial charge on any atom is -0.491 e. The molecule has 2 unspecified atom stereocenters. The van der Waals surface area contributed by atoms with Crippen molar-refractivity contribution in [3.8, 4) is 5.75 Å². The summed E-state index contributed by atoms with van der Waals surface area (Å²) in [5, 5.41) is 3.20. The Kier molecular flexibility index (Phi) is 5.29. The standard InChI is InChI=1S/C13H21NO2/c1-10(15-4)9-16-13-7-5-6-12(8-13)11(2)14-3/h5-8,10-11,14H,9H2,1-4H3. The molecule has 90 valence electrons. The number of nitrogens with one attached hydrogen (secondary N) is 1. The molecule has 0 fully saturated rings. The monoisotopic (exact) mass is 223 g/mol. The summed E-state index contributed by atoms with van der Waals surface area (Å²) < 4.78 is 10.8. The Balaban J connectivity index is 2.60. The van der Waals surface area contributed by atoms with Gasteiger partial charge in [-0.15, -0.1) is 0 Å². The number of methoxy groups -OCH3 is 1. The highest BCUT2D eigenvalue weighted by atomic mass is 16.5. The summed E-state index contributed by atoms with van der Waals surface area (Å²) >= 11 is 0. The molecule has 3 heteroatoms. The van der Waals surface area contributed by atoms with Crippen LogP contribution in [0, 0.1) is 0 Å². The van der Waals surface area contributed by atoms with E-state index in [9.17, 15) is 0 Å². The largest absolute Gasteiger partial charge is 0.491 e. The minimum absolute atomic E-state index is 0.116. The smallest absolute Gasteiger partial charge is 0.119 e. The molecule has 1 rings (SSSR count). The summed E-state index contributed by atoms with van der Waals surface area (Å²) in [6.07, 6.45) is 0.116. The first-order chi connectivity index (χ1) is 7.67. The van der Waals surface area contributed by atoms with E-state index < -0.39 is 0 Å². The maximum atomic E-state index is 5.64. The Morgan fingerprint density at radius 2 is 2.06 bits per heavy atom. The summed E-state index contributed by atoms with van der Waals surface area (Å²) in [5.74, 6) is 0.892. The molecule has 0 spiro atoms. The molecule has 16 heavy (non-hydrogen) atoms. The van der Waals surface area contributed by atoms with Crippen LogP contribution >= 0.6 is 0 Å². The van der Waals surface area contributed by atoms with Crippen LogP contribution in [0.15, 0.2) is 24.3 Å². The Bertz CT molecular complexity index is 315. The van der Waals surface area contributed by atoms with Gasteiger partial charge in [0.25, 0.3) is 0 Å². The van der Waals surface area contributed by atoms with E-state index in [-0.39, 0.29) is 6.10 Å². The van der Waals surface area contributed by atoms with Crippen molar-refractivity contribution in [1.29, 1.82) is 0 Å². The highest BCUT2D eigenvalue weighted by Gasteiger charge is 2.05. The number of ether oxygens (including phenoxy) is 2. The molecule has 1 aromatic carbocycles. The van der Waals surface area contributed by atoms with Gasteiger partial charge in [0, 0.05) is 13.2 Å². The number of rotatable bonds is 6. The molecule has 2 atom stereocenters. The second-order valence-corrected chi connectivity index (χ2v) is 3.94. The molecular formula is C13H21NO2. The third kappa shape index (κ3) is 3.83. The second kappa shape index (κ2) is 6.51. The van der Waals surface area contributed by atoms with Crippen LogP contribution in [0.25, 0.3) is 0 Å². The van der Waals surface area contributed by atoms with Gasteiger partial charge in [-0.05, 0) is 38.6 Å². The predicted molar refractivity (Wildman–Crippen MR) is 65.9 cm³/mol. The number of hydrogen-bond donors (Lipinski definition) is 1. The second-order valence-electron chi connectivity index (χ2n) is 3.94. The molecule has 1 N–H and O–H groups in total. The first kappa shape index (κ1) is 13.0. The summed E-state index contributed by atoms with van der Waals surface area (Å²) in [7, 11) is 3.64. The lowest BCUT2D eigenvalue weighted by Gasteiger charge is -2.14. The summed E-state index contributed by atoms with van der Waals surface area (Å²) in [6, 6.07) is 8.46. The van der Waals surface area contributed by atoms with Crippen molar-refractivity contribution in [2.45, 2.75) is 26.0 Å². The van der Waals surface area contributed by atoms with Crippen molar-refractivity contribution >= 4 is 0 Å². The molecule has 1 aromatic rings. The number of hydrogen-bond acceptors (Lipinski definition) is 3. The summed E-state index contributed by atoms with van der Waals surface area (Å²) in [5.41, 5.74) is 1.23. The van der Waals surface area contributed by atoms with E-state index in [2.05, 4.69) is 24.4 Å². The molecule has 3 nitrogen and oxygen atoms in total. The first-order valence-corrected chi connectivity index (χ1v) is 5.60. The van der Waals surface area contributed by atoms with Gasteiger partial charge in [-0.2, -0.15) is 0 Å². The highest BCUT2D eigenvalue weighted by Crippen LogP contribution is 2.18. The van der Waals surface area contributed by atoms with Gasteiger partial charge in [0.05, 0.1) is 6.10 Å². The van der Waals surface area contributed by atoms with E-state index in [4.69, 9.17) is 9.47 Å². The Morgan fingerprint density at radius 1 is 1.31 bits per heavy atom. The van der Waals surface area contributed by atoms with Crippen molar-refractivity contribution in [3.05, 3.63) is 29.8 Å². The van der Waals surface area contributed by atoms with Crippen molar-refractivity contribution in [1.82, 2.24) is 5.32 Å². The van der Waals surface area contributed by atoms with Crippen LogP contribution in [0.5, 0.6) is 5.75 Å². The van der Waals surface area contributed by atoms with Gasteiger partial charge in [0.1, 0.15) is 12.4 Å². The van der Waals surface area contributed by atoms with Gasteiger partial charge >= 0.3 is 0 Å². The van der Waals surface area contributed by atoms with Crippen LogP contribution in [0.4, 0.5) is 0 Å². The molecule has 0 aliphatic heterocycles. The van der Waals surface area contributed by atoms with Crippen molar-refractivity contribution in [3.63, 3.8) is 0 Å². The summed E-state index contributed by atoms with van der Waals surface area (Å²) in [6.45, 7) is 4.69. The molecular weight excluding hydrogens is 202 g/mol. The van der Waals surface area contributed by atoms with Crippen LogP contribution in [0.2, 0.25) is 0 Å². The van der Waals surface area contributed by atoms with Crippen LogP contribution in [0.1, 0.15) is 25.5 Å². The van der Waals surface area contributed by atoms with Gasteiger partial charge in [-0.1, -0.05) is 12.1 Å². The third-order valence-corrected chi connectivity index (χ3v) is 2.68. The van der Waals surface area contributed by atoms with Crippen LogP contribution in [0.3, 0.4) is 0 Å².